The molecule has 0 unspecified atom stereocenters. The van der Waals surface area contributed by atoms with Crippen LogP contribution in [0.5, 0.6) is 0 Å². The van der Waals surface area contributed by atoms with Gasteiger partial charge in [0.15, 0.2) is 0 Å². The van der Waals surface area contributed by atoms with E-state index in [9.17, 15) is 0 Å². The van der Waals surface area contributed by atoms with Gasteiger partial charge in [-0.2, -0.15) is 5.56 Å². The number of rotatable bonds is 3. The van der Waals surface area contributed by atoms with Crippen molar-refractivity contribution in [2.75, 3.05) is 0 Å². The van der Waals surface area contributed by atoms with Crippen LogP contribution in [0.3, 0.4) is 0 Å². The molecule has 0 atom stereocenters. The van der Waals surface area contributed by atoms with E-state index in [1.165, 1.54) is 0 Å². The topological polar surface area (TPSA) is 16.8 Å². The molecule has 30 heavy (non-hydrogen) atoms. The van der Waals surface area contributed by atoms with Gasteiger partial charge in [0, 0.05) is 47.2 Å². The van der Waals surface area contributed by atoms with Crippen molar-refractivity contribution in [1.82, 2.24) is 4.98 Å². The molecule has 5 heteroatoms. The van der Waals surface area contributed by atoms with Crippen LogP contribution in [-0.2, 0) is 72.5 Å². The molecule has 0 fully saturated rings. The Hall–Kier alpha value is -0.987. The van der Waals surface area contributed by atoms with Crippen molar-refractivity contribution in [3.63, 3.8) is 0 Å². The summed E-state index contributed by atoms with van der Waals surface area (Å²) >= 11 is 0. The van der Waals surface area contributed by atoms with E-state index in [-0.39, 0.29) is 81.3 Å². The van der Waals surface area contributed by atoms with Gasteiger partial charge < -0.3 is 31.2 Å². The standard InChI is InChI=1S/C24H17N2.CH3.B.2Y/c1-18-12-13-22(17-23(18)24-25-14-7-15-26(24)2)21-11-6-10-20(16-21)19-8-4-3-5-9-19;;;;/h3-8,12-16H,1-2H3;1H3;;;/q-3;-1;;;+3. The van der Waals surface area contributed by atoms with Crippen LogP contribution in [0.25, 0.3) is 33.6 Å². The molecule has 2 nitrogen and oxygen atoms in total. The third-order valence-corrected chi connectivity index (χ3v) is 4.34. The largest absolute Gasteiger partial charge is 3.00 e. The van der Waals surface area contributed by atoms with Crippen molar-refractivity contribution >= 4 is 8.41 Å². The smallest absolute Gasteiger partial charge is 0.358 e. The fraction of sp³-hybridized carbons (Fsp3) is 0.0800. The maximum absolute atomic E-state index is 4.52. The molecule has 0 bridgehead atoms. The van der Waals surface area contributed by atoms with Crippen molar-refractivity contribution < 1.29 is 70.0 Å². The zero-order chi connectivity index (χ0) is 17.9. The Morgan fingerprint density at radius 1 is 0.900 bits per heavy atom. The molecular weight excluding hydrogens is 517 g/mol. The number of benzene rings is 3. The van der Waals surface area contributed by atoms with E-state index < -0.39 is 0 Å². The molecule has 1 heterocycles. The van der Waals surface area contributed by atoms with Gasteiger partial charge in [-0.1, -0.05) is 11.9 Å². The molecule has 4 rings (SSSR count). The molecule has 3 aromatic carbocycles. The van der Waals surface area contributed by atoms with Crippen LogP contribution in [0, 0.1) is 38.6 Å². The Morgan fingerprint density at radius 3 is 2.30 bits per heavy atom. The van der Waals surface area contributed by atoms with Gasteiger partial charge in [-0.3, -0.25) is 21.8 Å². The van der Waals surface area contributed by atoms with Crippen molar-refractivity contribution in [3.8, 4) is 33.6 Å². The molecule has 1 aromatic heterocycles. The fourth-order valence-electron chi connectivity index (χ4n) is 2.93. The Labute approximate surface area is 232 Å². The average Bonchev–Trinajstić information content (AvgIpc) is 2.70. The number of aryl methyl sites for hydroxylation is 2. The van der Waals surface area contributed by atoms with Crippen molar-refractivity contribution in [1.29, 1.82) is 0 Å². The Balaban J connectivity index is 0.00000210. The molecule has 0 spiro atoms. The van der Waals surface area contributed by atoms with Crippen LogP contribution in [-0.4, -0.2) is 13.4 Å². The normalized spacial score (nSPS) is 9.27. The van der Waals surface area contributed by atoms with Gasteiger partial charge in [-0.05, 0) is 5.56 Å². The number of hydrogen-bond donors (Lipinski definition) is 0. The van der Waals surface area contributed by atoms with E-state index in [1.807, 2.05) is 60.4 Å². The minimum absolute atomic E-state index is 0. The van der Waals surface area contributed by atoms with Gasteiger partial charge in [0.05, 0.1) is 13.2 Å². The molecule has 4 aromatic rings. The molecule has 0 aliphatic carbocycles. The summed E-state index contributed by atoms with van der Waals surface area (Å²) in [5.41, 5.74) is 6.13. The molecule has 0 N–H and O–H groups in total. The third-order valence-electron chi connectivity index (χ3n) is 4.34. The maximum atomic E-state index is 4.52. The SMILES string of the molecule is Cc1ccc(-c2[c-]c[c-]c(-c3[c-]cccc3)c2)[c-]c1-c1nccc[n+]1C.[B].[CH3-].[Y+3].[Y]. The first-order valence-corrected chi connectivity index (χ1v) is 8.47. The maximum Gasteiger partial charge on any atom is 3.00 e. The summed E-state index contributed by atoms with van der Waals surface area (Å²) in [6.07, 6.45) is 3.80. The summed E-state index contributed by atoms with van der Waals surface area (Å²) in [5.74, 6) is 0.894. The molecule has 4 radical (unpaired) electrons. The minimum Gasteiger partial charge on any atom is -0.358 e. The second-order valence-electron chi connectivity index (χ2n) is 6.17. The quantitative estimate of drug-likeness (QED) is 0.214. The van der Waals surface area contributed by atoms with Crippen LogP contribution in [0.15, 0.2) is 67.0 Å². The summed E-state index contributed by atoms with van der Waals surface area (Å²) in [7, 11) is 2.00. The second kappa shape index (κ2) is 13.4. The van der Waals surface area contributed by atoms with E-state index in [0.717, 1.165) is 39.2 Å². The summed E-state index contributed by atoms with van der Waals surface area (Å²) in [6, 6.07) is 31.2. The van der Waals surface area contributed by atoms with Crippen molar-refractivity contribution in [2.45, 2.75) is 6.92 Å². The van der Waals surface area contributed by atoms with E-state index in [0.29, 0.717) is 0 Å². The van der Waals surface area contributed by atoms with E-state index in [1.54, 1.807) is 0 Å². The molecule has 0 aliphatic rings. The second-order valence-corrected chi connectivity index (χ2v) is 6.17. The molecule has 0 amide bonds. The fourth-order valence-corrected chi connectivity index (χ4v) is 2.93. The number of aromatic nitrogens is 2. The van der Waals surface area contributed by atoms with Crippen LogP contribution >= 0.6 is 0 Å². The van der Waals surface area contributed by atoms with Crippen LogP contribution in [0.4, 0.5) is 0 Å². The third kappa shape index (κ3) is 6.50. The van der Waals surface area contributed by atoms with E-state index in [2.05, 4.69) is 54.4 Å². The predicted molar refractivity (Wildman–Crippen MR) is 114 cm³/mol. The first kappa shape index (κ1) is 29.0. The van der Waals surface area contributed by atoms with Crippen molar-refractivity contribution in [3.05, 3.63) is 104 Å². The monoisotopic (exact) mass is 537 g/mol. The number of hydrogen-bond acceptors (Lipinski definition) is 1. The Bertz CT molecular complexity index is 1070. The average molecular weight is 537 g/mol. The van der Waals surface area contributed by atoms with Gasteiger partial charge in [0.1, 0.15) is 6.20 Å². The van der Waals surface area contributed by atoms with E-state index in [4.69, 9.17) is 0 Å². The summed E-state index contributed by atoms with van der Waals surface area (Å²) in [4.78, 5) is 4.52. The van der Waals surface area contributed by atoms with E-state index >= 15 is 0 Å². The van der Waals surface area contributed by atoms with Crippen molar-refractivity contribution in [2.24, 2.45) is 7.05 Å². The first-order valence-electron chi connectivity index (χ1n) is 8.47. The molecule has 0 saturated heterocycles. The van der Waals surface area contributed by atoms with Gasteiger partial charge >= 0.3 is 32.7 Å². The predicted octanol–water partition coefficient (Wildman–Crippen LogP) is 4.48. The summed E-state index contributed by atoms with van der Waals surface area (Å²) in [6.45, 7) is 2.08. The van der Waals surface area contributed by atoms with Gasteiger partial charge in [-0.15, -0.1) is 42.0 Å². The Morgan fingerprint density at radius 2 is 1.63 bits per heavy atom. The zero-order valence-corrected chi connectivity index (χ0v) is 23.2. The Kier molecular flexibility index (Phi) is 13.0. The molecule has 0 aliphatic heterocycles. The van der Waals surface area contributed by atoms with Crippen LogP contribution in [0.2, 0.25) is 0 Å². The molecular formula is C25H20BN2Y2-. The van der Waals surface area contributed by atoms with Gasteiger partial charge in [-0.25, -0.2) is 12.1 Å². The summed E-state index contributed by atoms with van der Waals surface area (Å²) in [5, 5.41) is 0. The van der Waals surface area contributed by atoms with Gasteiger partial charge in [0.25, 0.3) is 5.82 Å². The van der Waals surface area contributed by atoms with Crippen LogP contribution in [0.1, 0.15) is 5.56 Å². The molecule has 140 valence electrons. The zero-order valence-electron chi connectivity index (χ0n) is 17.5. The van der Waals surface area contributed by atoms with Crippen LogP contribution < -0.4 is 4.57 Å². The van der Waals surface area contributed by atoms with Gasteiger partial charge in [0.2, 0.25) is 0 Å². The first-order chi connectivity index (χ1) is 12.7. The molecule has 0 saturated carbocycles. The summed E-state index contributed by atoms with van der Waals surface area (Å²) < 4.78 is 2.01. The minimum atomic E-state index is 0. The number of nitrogens with zero attached hydrogens (tertiary/aromatic N) is 2.